The van der Waals surface area contributed by atoms with E-state index in [2.05, 4.69) is 15.6 Å². The van der Waals surface area contributed by atoms with Crippen LogP contribution in [-0.2, 0) is 12.1 Å². The normalized spacial score (nSPS) is 15.8. The quantitative estimate of drug-likeness (QED) is 0.252. The van der Waals surface area contributed by atoms with E-state index in [1.807, 2.05) is 6.07 Å². The molecule has 196 valence electrons. The van der Waals surface area contributed by atoms with Crippen LogP contribution in [0.4, 0.5) is 17.6 Å². The minimum atomic E-state index is -4.16. The zero-order valence-electron chi connectivity index (χ0n) is 19.2. The van der Waals surface area contributed by atoms with Crippen LogP contribution in [0.1, 0.15) is 46.1 Å². The average molecular weight is 608 g/mol. The fourth-order valence-corrected chi connectivity index (χ4v) is 6.46. The molecule has 4 unspecified atom stereocenters. The van der Waals surface area contributed by atoms with Crippen molar-refractivity contribution in [2.75, 3.05) is 0 Å². The van der Waals surface area contributed by atoms with E-state index in [0.29, 0.717) is 16.1 Å². The lowest BCUT2D eigenvalue weighted by Gasteiger charge is -2.38. The number of aromatic nitrogens is 3. The topological polar surface area (TPSA) is 83.6 Å². The van der Waals surface area contributed by atoms with Crippen LogP contribution in [0.15, 0.2) is 24.4 Å². The molecule has 15 heteroatoms. The Morgan fingerprint density at radius 2 is 1.95 bits per heavy atom. The molecule has 37 heavy (non-hydrogen) atoms. The van der Waals surface area contributed by atoms with Crippen molar-refractivity contribution >= 4 is 56.6 Å². The molecule has 0 radical (unpaired) electrons. The molecule has 1 saturated carbocycles. The van der Waals surface area contributed by atoms with Gasteiger partial charge in [-0.15, -0.1) is 16.4 Å². The van der Waals surface area contributed by atoms with Gasteiger partial charge in [0.2, 0.25) is 5.67 Å². The summed E-state index contributed by atoms with van der Waals surface area (Å²) in [5.41, 5.74) is -7.41. The van der Waals surface area contributed by atoms with E-state index in [0.717, 1.165) is 45.6 Å². The molecule has 1 aliphatic carbocycles. The maximum Gasteiger partial charge on any atom is 0.300 e. The van der Waals surface area contributed by atoms with E-state index in [-0.39, 0.29) is 39.5 Å². The Morgan fingerprint density at radius 1 is 1.27 bits per heavy atom. The number of halogens is 5. The number of carbonyl (C=O) groups is 1. The number of rotatable bonds is 8. The zero-order valence-corrected chi connectivity index (χ0v) is 24.3. The lowest BCUT2D eigenvalue weighted by Crippen LogP contribution is -2.47. The Balaban J connectivity index is 1.75. The predicted octanol–water partition coefficient (Wildman–Crippen LogP) is 5.98. The highest BCUT2D eigenvalue weighted by Crippen LogP contribution is 2.59. The number of benzene rings is 1. The summed E-state index contributed by atoms with van der Waals surface area (Å²) in [7, 11) is 3.96. The molecular formula is C22H21ClF4N5OP3S. The monoisotopic (exact) mass is 607 g/mol. The zero-order chi connectivity index (χ0) is 27.3. The van der Waals surface area contributed by atoms with Crippen LogP contribution in [0.3, 0.4) is 0 Å². The van der Waals surface area contributed by atoms with E-state index >= 15 is 4.39 Å². The molecule has 0 saturated heterocycles. The second-order valence-electron chi connectivity index (χ2n) is 8.63. The van der Waals surface area contributed by atoms with Gasteiger partial charge < -0.3 is 5.32 Å². The Hall–Kier alpha value is -1.68. The summed E-state index contributed by atoms with van der Waals surface area (Å²) in [6.45, 7) is 1.70. The molecule has 1 aromatic carbocycles. The van der Waals surface area contributed by atoms with Crippen molar-refractivity contribution < 1.29 is 22.4 Å². The van der Waals surface area contributed by atoms with Crippen LogP contribution in [0.2, 0.25) is 5.02 Å². The van der Waals surface area contributed by atoms with Gasteiger partial charge in [-0.3, -0.25) is 4.79 Å². The van der Waals surface area contributed by atoms with Crippen LogP contribution >= 0.6 is 50.7 Å². The fraction of sp³-hybridized carbons (Fsp3) is 0.364. The Morgan fingerprint density at radius 3 is 2.49 bits per heavy atom. The molecule has 4 atom stereocenters. The highest BCUT2D eigenvalue weighted by atomic mass is 35.5. The second kappa shape index (κ2) is 10.1. The number of hydrogen-bond acceptors (Lipinski definition) is 5. The number of thiophene rings is 1. The maximum absolute atomic E-state index is 15.7. The summed E-state index contributed by atoms with van der Waals surface area (Å²) in [4.78, 5) is 13.2. The lowest BCUT2D eigenvalue weighted by molar-refractivity contribution is -0.102. The van der Waals surface area contributed by atoms with Crippen molar-refractivity contribution in [2.24, 2.45) is 0 Å². The molecule has 1 aliphatic rings. The van der Waals surface area contributed by atoms with Crippen LogP contribution in [0.5, 0.6) is 0 Å². The van der Waals surface area contributed by atoms with E-state index < -0.39 is 22.0 Å². The molecule has 0 spiro atoms. The van der Waals surface area contributed by atoms with Gasteiger partial charge in [0.1, 0.15) is 16.6 Å². The number of alkyl halides is 4. The maximum atomic E-state index is 15.7. The van der Waals surface area contributed by atoms with Crippen molar-refractivity contribution in [3.63, 3.8) is 0 Å². The van der Waals surface area contributed by atoms with Crippen LogP contribution in [-0.4, -0.2) is 37.8 Å². The van der Waals surface area contributed by atoms with Crippen LogP contribution in [0, 0.1) is 11.3 Å². The molecule has 2 heterocycles. The van der Waals surface area contributed by atoms with Gasteiger partial charge >= 0.3 is 0 Å². The van der Waals surface area contributed by atoms with Crippen molar-refractivity contribution in [1.29, 1.82) is 5.26 Å². The number of nitrogens with zero attached hydrogens (tertiary/aromatic N) is 4. The summed E-state index contributed by atoms with van der Waals surface area (Å²) in [5, 5.41) is 17.3. The Labute approximate surface area is 226 Å². The smallest absolute Gasteiger partial charge is 0.300 e. The minimum absolute atomic E-state index is 0.121. The molecule has 1 amide bonds. The van der Waals surface area contributed by atoms with Crippen molar-refractivity contribution in [2.45, 2.75) is 48.7 Å². The largest absolute Gasteiger partial charge is 0.349 e. The third kappa shape index (κ3) is 5.29. The second-order valence-corrected chi connectivity index (χ2v) is 13.2. The third-order valence-electron chi connectivity index (χ3n) is 5.87. The molecule has 0 aliphatic heterocycles. The van der Waals surface area contributed by atoms with Gasteiger partial charge in [-0.1, -0.05) is 51.5 Å². The number of carbonyl (C=O) groups excluding carboxylic acids is 1. The lowest BCUT2D eigenvalue weighted by atomic mass is 9.93. The van der Waals surface area contributed by atoms with E-state index in [1.54, 1.807) is 13.0 Å². The summed E-state index contributed by atoms with van der Waals surface area (Å²) in [6, 6.07) is 5.76. The molecule has 2 aromatic heterocycles. The fourth-order valence-electron chi connectivity index (χ4n) is 3.80. The van der Waals surface area contributed by atoms with Gasteiger partial charge in [0, 0.05) is 11.6 Å². The Kier molecular flexibility index (Phi) is 7.76. The summed E-state index contributed by atoms with van der Waals surface area (Å²) in [5.74, 6) is -0.339. The van der Waals surface area contributed by atoms with Gasteiger partial charge in [-0.05, 0) is 43.0 Å². The van der Waals surface area contributed by atoms with Crippen molar-refractivity contribution in [3.05, 3.63) is 51.0 Å². The number of aryl methyl sites for hydroxylation is 1. The van der Waals surface area contributed by atoms with Crippen molar-refractivity contribution in [3.8, 4) is 22.3 Å². The molecule has 0 bridgehead atoms. The first-order valence-electron chi connectivity index (χ1n) is 10.9. The van der Waals surface area contributed by atoms with Crippen molar-refractivity contribution in [1.82, 2.24) is 20.3 Å². The molecule has 1 fully saturated rings. The summed E-state index contributed by atoms with van der Waals surface area (Å²) in [6.07, 6.45) is 3.52. The first kappa shape index (κ1) is 28.3. The molecule has 3 aromatic rings. The van der Waals surface area contributed by atoms with E-state index in [4.69, 9.17) is 11.6 Å². The van der Waals surface area contributed by atoms with Gasteiger partial charge in [-0.2, -0.15) is 14.0 Å². The first-order valence-corrected chi connectivity index (χ1v) is 13.9. The van der Waals surface area contributed by atoms with E-state index in [1.165, 1.54) is 29.4 Å². The number of hydrogen-bond donors (Lipinski definition) is 1. The summed E-state index contributed by atoms with van der Waals surface area (Å²) < 4.78 is 60.4. The van der Waals surface area contributed by atoms with Crippen LogP contribution in [0.25, 0.3) is 16.3 Å². The standard InChI is InChI=1S/C22H21ClF4N5OP3S/c1-2-10-5-11(20(24,21(25,26)34)22(27,35)36)6-14(23)18(10)32-9-15(30-31-32)16-7-13(17(8-28)37-16)19(33)29-12-3-4-12/h5-7,9,12H,2-4,34-36H2,1H3,(H,29,33). The third-order valence-corrected chi connectivity index (χ3v) is 8.42. The predicted molar refractivity (Wildman–Crippen MR) is 145 cm³/mol. The summed E-state index contributed by atoms with van der Waals surface area (Å²) >= 11 is 7.49. The van der Waals surface area contributed by atoms with Gasteiger partial charge in [0.15, 0.2) is 5.15 Å². The van der Waals surface area contributed by atoms with Gasteiger partial charge in [0.05, 0.1) is 27.3 Å². The highest BCUT2D eigenvalue weighted by Gasteiger charge is 2.63. The number of amides is 1. The minimum Gasteiger partial charge on any atom is -0.349 e. The number of nitriles is 1. The molecule has 4 rings (SSSR count). The Bertz CT molecular complexity index is 1390. The average Bonchev–Trinajstić information content (AvgIpc) is 3.31. The molecular weight excluding hydrogens is 587 g/mol. The SMILES string of the molecule is CCc1cc(C(F)(C(F)(F)P)C(F)(P)P)cc(Cl)c1-n1cc(-c2cc(C(=O)NC3CC3)c(C#N)s2)nn1. The highest BCUT2D eigenvalue weighted by molar-refractivity contribution is 7.39. The van der Waals surface area contributed by atoms with Gasteiger partial charge in [-0.25, -0.2) is 13.5 Å². The van der Waals surface area contributed by atoms with E-state index in [9.17, 15) is 23.2 Å². The molecule has 6 nitrogen and oxygen atoms in total. The van der Waals surface area contributed by atoms with Crippen LogP contribution < -0.4 is 5.32 Å². The number of nitrogens with one attached hydrogen (secondary N) is 1. The first-order chi connectivity index (χ1) is 17.2. The van der Waals surface area contributed by atoms with Gasteiger partial charge in [0.25, 0.3) is 11.6 Å². The molecule has 1 N–H and O–H groups in total.